The van der Waals surface area contributed by atoms with Crippen molar-refractivity contribution in [3.63, 3.8) is 0 Å². The Bertz CT molecular complexity index is 376. The lowest BCUT2D eigenvalue weighted by atomic mass is 10.3. The molecule has 0 aliphatic rings. The van der Waals surface area contributed by atoms with Crippen LogP contribution < -0.4 is 17.2 Å². The van der Waals surface area contributed by atoms with Crippen molar-refractivity contribution in [2.45, 2.75) is 11.3 Å². The summed E-state index contributed by atoms with van der Waals surface area (Å²) in [5.41, 5.74) is 8.18. The number of nitrogen functional groups attached to an aromatic ring is 1. The van der Waals surface area contributed by atoms with Gasteiger partial charge in [-0.2, -0.15) is 0 Å². The third kappa shape index (κ3) is 4.28. The van der Waals surface area contributed by atoms with Crippen LogP contribution in [0, 0.1) is 0 Å². The molecule has 7 heteroatoms. The van der Waals surface area contributed by atoms with E-state index >= 15 is 0 Å². The minimum absolute atomic E-state index is 0.247. The monoisotopic (exact) mass is 261 g/mol. The van der Waals surface area contributed by atoms with Crippen molar-refractivity contribution in [2.75, 3.05) is 11.5 Å². The Hall–Kier alpha value is -0.950. The highest BCUT2D eigenvalue weighted by molar-refractivity contribution is 7.99. The Morgan fingerprint density at radius 3 is 2.94 bits per heavy atom. The number of halogens is 1. The molecule has 0 saturated heterocycles. The van der Waals surface area contributed by atoms with Crippen molar-refractivity contribution < 1.29 is 9.63 Å². The highest BCUT2D eigenvalue weighted by Gasteiger charge is 2.05. The first-order valence-corrected chi connectivity index (χ1v) is 5.83. The molecule has 1 rings (SSSR count). The van der Waals surface area contributed by atoms with Crippen LogP contribution in [0.25, 0.3) is 0 Å². The summed E-state index contributed by atoms with van der Waals surface area (Å²) in [6, 6.07) is 5.23. The molecular weight excluding hydrogens is 250 g/mol. The fraction of sp³-hybridized carbons (Fsp3) is 0.222. The van der Waals surface area contributed by atoms with E-state index < -0.39 is 5.97 Å². The van der Waals surface area contributed by atoms with Gasteiger partial charge >= 0.3 is 5.97 Å². The summed E-state index contributed by atoms with van der Waals surface area (Å²) in [4.78, 5) is 16.2. The Morgan fingerprint density at radius 2 is 2.31 bits per heavy atom. The minimum atomic E-state index is -0.414. The van der Waals surface area contributed by atoms with Crippen LogP contribution in [0.5, 0.6) is 0 Å². The largest absolute Gasteiger partial charge is 0.398 e. The van der Waals surface area contributed by atoms with Crippen LogP contribution in [-0.4, -0.2) is 11.7 Å². The number of carbonyl (C=O) groups excluding carboxylic acids is 1. The Kier molecular flexibility index (Phi) is 5.41. The van der Waals surface area contributed by atoms with Gasteiger partial charge in [0.25, 0.3) is 0 Å². The van der Waals surface area contributed by atoms with E-state index in [4.69, 9.17) is 23.2 Å². The van der Waals surface area contributed by atoms with Crippen LogP contribution in [0.3, 0.4) is 0 Å². The molecule has 0 heterocycles. The van der Waals surface area contributed by atoms with Gasteiger partial charge in [-0.05, 0) is 18.2 Å². The van der Waals surface area contributed by atoms with Crippen molar-refractivity contribution in [3.05, 3.63) is 23.2 Å². The number of hydrogen-bond acceptors (Lipinski definition) is 6. The van der Waals surface area contributed by atoms with Crippen LogP contribution in [0.1, 0.15) is 6.42 Å². The second kappa shape index (κ2) is 6.59. The number of hydrogen-bond donors (Lipinski definition) is 3. The molecule has 5 N–H and O–H groups in total. The second-order valence-electron chi connectivity index (χ2n) is 2.87. The quantitative estimate of drug-likeness (QED) is 0.321. The van der Waals surface area contributed by atoms with Gasteiger partial charge in [-0.1, -0.05) is 17.2 Å². The second-order valence-corrected chi connectivity index (χ2v) is 4.45. The molecule has 0 amide bonds. The predicted molar refractivity (Wildman–Crippen MR) is 64.6 cm³/mol. The lowest BCUT2D eigenvalue weighted by molar-refractivity contribution is -0.150. The predicted octanol–water partition coefficient (Wildman–Crippen LogP) is 1.33. The lowest BCUT2D eigenvalue weighted by Gasteiger charge is -2.05. The zero-order valence-electron chi connectivity index (χ0n) is 8.40. The molecule has 0 fully saturated rings. The molecule has 0 atom stereocenters. The molecule has 5 nitrogen and oxygen atoms in total. The molecule has 0 aromatic heterocycles. The fourth-order valence-corrected chi connectivity index (χ4v) is 2.07. The van der Waals surface area contributed by atoms with Crippen molar-refractivity contribution in [1.29, 1.82) is 0 Å². The van der Waals surface area contributed by atoms with Gasteiger partial charge in [0.1, 0.15) is 0 Å². The molecule has 0 saturated carbocycles. The van der Waals surface area contributed by atoms with Crippen molar-refractivity contribution in [2.24, 2.45) is 5.84 Å². The number of rotatable bonds is 5. The molecule has 0 unspecified atom stereocenters. The number of hydrazine groups is 1. The van der Waals surface area contributed by atoms with Crippen LogP contribution in [-0.2, 0) is 9.63 Å². The van der Waals surface area contributed by atoms with Crippen LogP contribution in [0.2, 0.25) is 5.02 Å². The van der Waals surface area contributed by atoms with Gasteiger partial charge in [0.2, 0.25) is 0 Å². The molecule has 0 spiro atoms. The van der Waals surface area contributed by atoms with E-state index in [0.717, 1.165) is 4.90 Å². The smallest absolute Gasteiger partial charge is 0.327 e. The zero-order valence-corrected chi connectivity index (χ0v) is 9.98. The summed E-state index contributed by atoms with van der Waals surface area (Å²) in [7, 11) is 0. The zero-order chi connectivity index (χ0) is 12.0. The number of thioether (sulfide) groups is 1. The molecule has 16 heavy (non-hydrogen) atoms. The number of nitrogens with two attached hydrogens (primary N) is 2. The van der Waals surface area contributed by atoms with E-state index in [2.05, 4.69) is 4.84 Å². The maximum Gasteiger partial charge on any atom is 0.327 e. The van der Waals surface area contributed by atoms with Gasteiger partial charge in [-0.15, -0.1) is 11.8 Å². The maximum absolute atomic E-state index is 10.9. The van der Waals surface area contributed by atoms with Gasteiger partial charge in [0, 0.05) is 21.4 Å². The van der Waals surface area contributed by atoms with Crippen LogP contribution in [0.4, 0.5) is 5.69 Å². The number of anilines is 1. The molecular formula is C9H12ClN3O2S. The third-order valence-electron chi connectivity index (χ3n) is 1.71. The van der Waals surface area contributed by atoms with Gasteiger partial charge < -0.3 is 10.6 Å². The number of nitrogens with one attached hydrogen (secondary N) is 1. The standard InChI is InChI=1S/C9H12ClN3O2S/c10-6-1-2-8(7(11)5-6)16-4-3-9(14)15-13-12/h1-2,5,13H,3-4,11-12H2. The first-order valence-electron chi connectivity index (χ1n) is 4.46. The summed E-state index contributed by atoms with van der Waals surface area (Å²) in [6.45, 7) is 0. The van der Waals surface area contributed by atoms with E-state index in [1.807, 2.05) is 11.7 Å². The Labute approximate surface area is 102 Å². The van der Waals surface area contributed by atoms with Crippen molar-refractivity contribution in [1.82, 2.24) is 5.59 Å². The van der Waals surface area contributed by atoms with Gasteiger partial charge in [-0.3, -0.25) is 4.79 Å². The third-order valence-corrected chi connectivity index (χ3v) is 3.03. The first-order chi connectivity index (χ1) is 7.63. The van der Waals surface area contributed by atoms with Crippen molar-refractivity contribution in [3.8, 4) is 0 Å². The average molecular weight is 262 g/mol. The molecule has 1 aromatic carbocycles. The SMILES string of the molecule is NNOC(=O)CCSc1ccc(Cl)cc1N. The van der Waals surface area contributed by atoms with Gasteiger partial charge in [0.15, 0.2) is 0 Å². The molecule has 0 bridgehead atoms. The van der Waals surface area contributed by atoms with E-state index in [9.17, 15) is 4.79 Å². The highest BCUT2D eigenvalue weighted by atomic mass is 35.5. The van der Waals surface area contributed by atoms with Gasteiger partial charge in [0.05, 0.1) is 6.42 Å². The Morgan fingerprint density at radius 1 is 1.56 bits per heavy atom. The van der Waals surface area contributed by atoms with Crippen LogP contribution in [0.15, 0.2) is 23.1 Å². The molecule has 0 aliphatic heterocycles. The van der Waals surface area contributed by atoms with E-state index in [-0.39, 0.29) is 6.42 Å². The first kappa shape index (κ1) is 13.1. The van der Waals surface area contributed by atoms with E-state index in [0.29, 0.717) is 16.5 Å². The highest BCUT2D eigenvalue weighted by Crippen LogP contribution is 2.27. The summed E-state index contributed by atoms with van der Waals surface area (Å²) < 4.78 is 0. The summed E-state index contributed by atoms with van der Waals surface area (Å²) in [5.74, 6) is 4.97. The topological polar surface area (TPSA) is 90.4 Å². The molecule has 0 aliphatic carbocycles. The minimum Gasteiger partial charge on any atom is -0.398 e. The normalized spacial score (nSPS) is 10.1. The maximum atomic E-state index is 10.9. The summed E-state index contributed by atoms with van der Waals surface area (Å²) in [6.07, 6.45) is 0.247. The number of benzene rings is 1. The van der Waals surface area contributed by atoms with Crippen LogP contribution >= 0.6 is 23.4 Å². The van der Waals surface area contributed by atoms with E-state index in [1.54, 1.807) is 12.1 Å². The molecule has 0 radical (unpaired) electrons. The molecule has 1 aromatic rings. The summed E-state index contributed by atoms with van der Waals surface area (Å²) >= 11 is 7.21. The number of carbonyl (C=O) groups is 1. The summed E-state index contributed by atoms with van der Waals surface area (Å²) in [5, 5.41) is 0.591. The van der Waals surface area contributed by atoms with Gasteiger partial charge in [-0.25, -0.2) is 5.84 Å². The lowest BCUT2D eigenvalue weighted by Crippen LogP contribution is -2.26. The average Bonchev–Trinajstić information content (AvgIpc) is 2.22. The Balaban J connectivity index is 2.40. The van der Waals surface area contributed by atoms with E-state index in [1.165, 1.54) is 11.8 Å². The molecule has 88 valence electrons. The fourth-order valence-electron chi connectivity index (χ4n) is 1.01. The van der Waals surface area contributed by atoms with Crippen molar-refractivity contribution >= 4 is 35.0 Å².